The van der Waals surface area contributed by atoms with Crippen LogP contribution in [0, 0.1) is 5.92 Å². The predicted molar refractivity (Wildman–Crippen MR) is 121 cm³/mol. The third-order valence-electron chi connectivity index (χ3n) is 4.85. The number of methoxy groups -OCH3 is 1. The molecule has 0 saturated carbocycles. The minimum Gasteiger partial charge on any atom is -0.497 e. The van der Waals surface area contributed by atoms with Gasteiger partial charge in [-0.3, -0.25) is 9.59 Å². The van der Waals surface area contributed by atoms with E-state index in [2.05, 4.69) is 5.32 Å². The Hall–Kier alpha value is -2.53. The molecule has 0 aromatic heterocycles. The molecule has 0 spiro atoms. The molecule has 1 atom stereocenters. The normalized spacial score (nSPS) is 11.8. The number of nitrogens with one attached hydrogen (secondary N) is 1. The largest absolute Gasteiger partial charge is 0.497 e. The van der Waals surface area contributed by atoms with Gasteiger partial charge in [-0.25, -0.2) is 0 Å². The van der Waals surface area contributed by atoms with Crippen molar-refractivity contribution >= 4 is 23.4 Å². The number of carbonyl (C=O) groups excluding carboxylic acids is 2. The van der Waals surface area contributed by atoms with Crippen LogP contribution in [0.1, 0.15) is 38.3 Å². The number of amides is 2. The number of carbonyl (C=O) groups is 2. The van der Waals surface area contributed by atoms with Crippen LogP contribution in [-0.2, 0) is 22.6 Å². The van der Waals surface area contributed by atoms with E-state index in [1.807, 2.05) is 57.2 Å². The zero-order valence-electron chi connectivity index (χ0n) is 18.2. The van der Waals surface area contributed by atoms with E-state index in [1.54, 1.807) is 24.1 Å². The zero-order chi connectivity index (χ0) is 22.1. The van der Waals surface area contributed by atoms with Crippen LogP contribution in [0.4, 0.5) is 0 Å². The van der Waals surface area contributed by atoms with Gasteiger partial charge in [-0.05, 0) is 47.7 Å². The second kappa shape index (κ2) is 11.6. The highest BCUT2D eigenvalue weighted by molar-refractivity contribution is 6.30. The number of hydrogen-bond acceptors (Lipinski definition) is 3. The number of benzene rings is 2. The Labute approximate surface area is 184 Å². The third-order valence-corrected chi connectivity index (χ3v) is 5.10. The minimum absolute atomic E-state index is 0.0975. The van der Waals surface area contributed by atoms with Gasteiger partial charge in [0.1, 0.15) is 11.8 Å². The molecule has 5 nitrogen and oxygen atoms in total. The number of ether oxygens (including phenoxy) is 1. The van der Waals surface area contributed by atoms with Gasteiger partial charge < -0.3 is 15.0 Å². The summed E-state index contributed by atoms with van der Waals surface area (Å²) in [5.41, 5.74) is 1.80. The Kier molecular flexibility index (Phi) is 9.18. The predicted octanol–water partition coefficient (Wildman–Crippen LogP) is 4.47. The van der Waals surface area contributed by atoms with Gasteiger partial charge in [0, 0.05) is 18.1 Å². The van der Waals surface area contributed by atoms with Crippen LogP contribution in [-0.4, -0.2) is 36.4 Å². The van der Waals surface area contributed by atoms with E-state index in [9.17, 15) is 9.59 Å². The van der Waals surface area contributed by atoms with Crippen molar-refractivity contribution in [3.63, 3.8) is 0 Å². The second-order valence-electron chi connectivity index (χ2n) is 7.74. The first kappa shape index (κ1) is 23.7. The number of rotatable bonds is 10. The summed E-state index contributed by atoms with van der Waals surface area (Å²) in [6.07, 6.45) is 0.744. The van der Waals surface area contributed by atoms with Crippen LogP contribution in [0.25, 0.3) is 0 Å². The molecule has 2 aromatic carbocycles. The topological polar surface area (TPSA) is 58.6 Å². The van der Waals surface area contributed by atoms with E-state index in [-0.39, 0.29) is 18.2 Å². The lowest BCUT2D eigenvalue weighted by molar-refractivity contribution is -0.141. The quantitative estimate of drug-likeness (QED) is 0.605. The van der Waals surface area contributed by atoms with Crippen molar-refractivity contribution in [1.82, 2.24) is 10.2 Å². The average molecular weight is 431 g/mol. The van der Waals surface area contributed by atoms with Crippen LogP contribution in [0.2, 0.25) is 5.02 Å². The molecule has 2 amide bonds. The summed E-state index contributed by atoms with van der Waals surface area (Å²) in [6, 6.07) is 14.2. The molecule has 0 aliphatic carbocycles. The van der Waals surface area contributed by atoms with Gasteiger partial charge in [0.15, 0.2) is 0 Å². The second-order valence-corrected chi connectivity index (χ2v) is 8.17. The van der Waals surface area contributed by atoms with Gasteiger partial charge in [-0.2, -0.15) is 0 Å². The molecule has 0 unspecified atom stereocenters. The summed E-state index contributed by atoms with van der Waals surface area (Å²) < 4.78 is 5.22. The van der Waals surface area contributed by atoms with Crippen molar-refractivity contribution in [2.45, 2.75) is 46.2 Å². The van der Waals surface area contributed by atoms with Gasteiger partial charge in [-0.15, -0.1) is 0 Å². The van der Waals surface area contributed by atoms with Crippen LogP contribution in [0.15, 0.2) is 48.5 Å². The molecule has 2 rings (SSSR count). The lowest BCUT2D eigenvalue weighted by atomic mass is 10.1. The Balaban J connectivity index is 2.25. The molecule has 0 radical (unpaired) electrons. The van der Waals surface area contributed by atoms with E-state index in [0.717, 1.165) is 16.9 Å². The molecule has 30 heavy (non-hydrogen) atoms. The number of hydrogen-bond donors (Lipinski definition) is 1. The van der Waals surface area contributed by atoms with Crippen molar-refractivity contribution in [1.29, 1.82) is 0 Å². The van der Waals surface area contributed by atoms with E-state index in [4.69, 9.17) is 16.3 Å². The molecular weight excluding hydrogens is 400 g/mol. The van der Waals surface area contributed by atoms with E-state index in [0.29, 0.717) is 30.5 Å². The summed E-state index contributed by atoms with van der Waals surface area (Å²) in [5.74, 6) is 0.870. The van der Waals surface area contributed by atoms with E-state index < -0.39 is 6.04 Å². The first-order valence-corrected chi connectivity index (χ1v) is 10.7. The van der Waals surface area contributed by atoms with Gasteiger partial charge in [0.25, 0.3) is 0 Å². The molecule has 0 saturated heterocycles. The molecule has 0 heterocycles. The van der Waals surface area contributed by atoms with Gasteiger partial charge >= 0.3 is 0 Å². The molecule has 6 heteroatoms. The molecule has 2 aromatic rings. The average Bonchev–Trinajstić information content (AvgIpc) is 2.74. The lowest BCUT2D eigenvalue weighted by Crippen LogP contribution is -2.50. The standard InChI is InChI=1S/C24H31ClN2O3/c1-5-22(24(29)26-15-17(2)3)27(16-19-8-12-21(30-4)13-9-19)23(28)14-18-6-10-20(25)11-7-18/h6-13,17,22H,5,14-16H2,1-4H3,(H,26,29)/t22-/m0/s1. The monoisotopic (exact) mass is 430 g/mol. The van der Waals surface area contributed by atoms with Crippen molar-refractivity contribution in [2.24, 2.45) is 5.92 Å². The summed E-state index contributed by atoms with van der Waals surface area (Å²) in [6.45, 7) is 6.95. The van der Waals surface area contributed by atoms with Crippen molar-refractivity contribution in [3.05, 3.63) is 64.7 Å². The highest BCUT2D eigenvalue weighted by Gasteiger charge is 2.28. The summed E-state index contributed by atoms with van der Waals surface area (Å²) in [4.78, 5) is 27.8. The molecule has 0 bridgehead atoms. The van der Waals surface area contributed by atoms with Crippen LogP contribution < -0.4 is 10.1 Å². The van der Waals surface area contributed by atoms with Gasteiger partial charge in [0.2, 0.25) is 11.8 Å². The number of nitrogens with zero attached hydrogens (tertiary/aromatic N) is 1. The highest BCUT2D eigenvalue weighted by atomic mass is 35.5. The Morgan fingerprint density at radius 1 is 1.03 bits per heavy atom. The van der Waals surface area contributed by atoms with Gasteiger partial charge in [0.05, 0.1) is 13.5 Å². The molecule has 0 fully saturated rings. The first-order valence-electron chi connectivity index (χ1n) is 10.3. The summed E-state index contributed by atoms with van der Waals surface area (Å²) in [5, 5.41) is 3.60. The van der Waals surface area contributed by atoms with Crippen LogP contribution in [0.5, 0.6) is 5.75 Å². The molecule has 1 N–H and O–H groups in total. The maximum absolute atomic E-state index is 13.3. The third kappa shape index (κ3) is 7.06. The highest BCUT2D eigenvalue weighted by Crippen LogP contribution is 2.18. The minimum atomic E-state index is -0.536. The summed E-state index contributed by atoms with van der Waals surface area (Å²) >= 11 is 5.96. The first-order chi connectivity index (χ1) is 14.3. The molecule has 0 aliphatic rings. The van der Waals surface area contributed by atoms with E-state index in [1.165, 1.54) is 0 Å². The molecular formula is C24H31ClN2O3. The Bertz CT molecular complexity index is 819. The smallest absolute Gasteiger partial charge is 0.242 e. The SMILES string of the molecule is CC[C@@H](C(=O)NCC(C)C)N(Cc1ccc(OC)cc1)C(=O)Cc1ccc(Cl)cc1. The van der Waals surface area contributed by atoms with Crippen molar-refractivity contribution in [2.75, 3.05) is 13.7 Å². The molecule has 0 aliphatic heterocycles. The van der Waals surface area contributed by atoms with Crippen molar-refractivity contribution < 1.29 is 14.3 Å². The maximum Gasteiger partial charge on any atom is 0.242 e. The van der Waals surface area contributed by atoms with Crippen LogP contribution in [0.3, 0.4) is 0 Å². The fourth-order valence-corrected chi connectivity index (χ4v) is 3.27. The molecule has 162 valence electrons. The Morgan fingerprint density at radius 3 is 2.17 bits per heavy atom. The fraction of sp³-hybridized carbons (Fsp3) is 0.417. The summed E-state index contributed by atoms with van der Waals surface area (Å²) in [7, 11) is 1.61. The number of halogens is 1. The van der Waals surface area contributed by atoms with Crippen molar-refractivity contribution in [3.8, 4) is 5.75 Å². The van der Waals surface area contributed by atoms with Crippen LogP contribution >= 0.6 is 11.6 Å². The Morgan fingerprint density at radius 2 is 1.63 bits per heavy atom. The zero-order valence-corrected chi connectivity index (χ0v) is 18.9. The van der Waals surface area contributed by atoms with Gasteiger partial charge in [-0.1, -0.05) is 56.6 Å². The fourth-order valence-electron chi connectivity index (χ4n) is 3.15. The lowest BCUT2D eigenvalue weighted by Gasteiger charge is -2.31. The maximum atomic E-state index is 13.3. The van der Waals surface area contributed by atoms with E-state index >= 15 is 0 Å².